The maximum atomic E-state index is 4.15. The van der Waals surface area contributed by atoms with Gasteiger partial charge < -0.3 is 0 Å². The van der Waals surface area contributed by atoms with Crippen molar-refractivity contribution in [3.05, 3.63) is 53.5 Å². The van der Waals surface area contributed by atoms with Gasteiger partial charge in [-0.05, 0) is 6.20 Å². The Kier molecular flexibility index (Phi) is 3.85. The fourth-order valence-electron chi connectivity index (χ4n) is 1.64. The van der Waals surface area contributed by atoms with Crippen LogP contribution in [0.2, 0.25) is 0 Å². The third-order valence-electron chi connectivity index (χ3n) is 2.36. The summed E-state index contributed by atoms with van der Waals surface area (Å²) in [5.74, 6) is 0. The standard InChI is InChI=1S/C13H7NS.Y/c1-2-10-4-6-14-8-13(10)12(3-1)11-5-7-15-9-11;/h1-2,4-8H;/q-2;. The minimum Gasteiger partial charge on any atom is -0.276 e. The molecular weight excluding hydrogens is 291 g/mol. The summed E-state index contributed by atoms with van der Waals surface area (Å²) in [6.07, 6.45) is 3.69. The molecule has 3 rings (SSSR count). The van der Waals surface area contributed by atoms with Gasteiger partial charge in [-0.15, -0.1) is 27.6 Å². The number of aromatic nitrogens is 1. The smallest absolute Gasteiger partial charge is 0.0247 e. The summed E-state index contributed by atoms with van der Waals surface area (Å²) in [5.41, 5.74) is 2.18. The molecule has 0 N–H and O–H groups in total. The molecule has 1 radical (unpaired) electrons. The molecule has 3 heteroatoms. The predicted octanol–water partition coefficient (Wildman–Crippen LogP) is 3.56. The number of pyridine rings is 1. The molecular formula is C13H7NSY-2. The Bertz CT molecular complexity index is 584. The predicted molar refractivity (Wildman–Crippen MR) is 62.7 cm³/mol. The van der Waals surface area contributed by atoms with Gasteiger partial charge in [0.2, 0.25) is 0 Å². The Hall–Kier alpha value is -0.566. The molecule has 16 heavy (non-hydrogen) atoms. The number of hydrogen-bond donors (Lipinski definition) is 0. The minimum absolute atomic E-state index is 0. The van der Waals surface area contributed by atoms with E-state index < -0.39 is 0 Å². The minimum atomic E-state index is 0. The van der Waals surface area contributed by atoms with Gasteiger partial charge in [0.15, 0.2) is 0 Å². The Balaban J connectivity index is 0.000000963. The molecule has 0 amide bonds. The van der Waals surface area contributed by atoms with Crippen LogP contribution in [0.4, 0.5) is 0 Å². The fourth-order valence-corrected chi connectivity index (χ4v) is 2.21. The van der Waals surface area contributed by atoms with Gasteiger partial charge in [-0.25, -0.2) is 17.2 Å². The summed E-state index contributed by atoms with van der Waals surface area (Å²) in [6, 6.07) is 11.3. The number of nitrogens with zero attached hydrogens (tertiary/aromatic N) is 1. The molecule has 1 aromatic carbocycles. The van der Waals surface area contributed by atoms with Crippen molar-refractivity contribution in [3.63, 3.8) is 0 Å². The Labute approximate surface area is 123 Å². The third-order valence-corrected chi connectivity index (χ3v) is 2.97. The van der Waals surface area contributed by atoms with E-state index in [2.05, 4.69) is 22.5 Å². The molecule has 0 bridgehead atoms. The van der Waals surface area contributed by atoms with Crippen molar-refractivity contribution in [2.75, 3.05) is 0 Å². The van der Waals surface area contributed by atoms with Gasteiger partial charge in [0, 0.05) is 38.9 Å². The molecule has 0 saturated carbocycles. The van der Waals surface area contributed by atoms with Gasteiger partial charge in [0.25, 0.3) is 0 Å². The quantitative estimate of drug-likeness (QED) is 0.626. The SMILES string of the molecule is [Y].[c-]1sccc1-c1[c-]ccc2ccncc12. The summed E-state index contributed by atoms with van der Waals surface area (Å²) < 4.78 is 0. The van der Waals surface area contributed by atoms with Gasteiger partial charge >= 0.3 is 0 Å². The largest absolute Gasteiger partial charge is 0.276 e. The fraction of sp³-hybridized carbons (Fsp3) is 0. The normalized spacial score (nSPS) is 10.0. The molecule has 0 unspecified atom stereocenters. The summed E-state index contributed by atoms with van der Waals surface area (Å²) in [4.78, 5) is 4.15. The van der Waals surface area contributed by atoms with E-state index in [9.17, 15) is 0 Å². The monoisotopic (exact) mass is 298 g/mol. The van der Waals surface area contributed by atoms with Crippen molar-refractivity contribution < 1.29 is 32.7 Å². The van der Waals surface area contributed by atoms with Crippen LogP contribution in [0.15, 0.2) is 42.0 Å². The van der Waals surface area contributed by atoms with Crippen LogP contribution in [0.3, 0.4) is 0 Å². The molecule has 0 atom stereocenters. The van der Waals surface area contributed by atoms with Gasteiger partial charge in [0.05, 0.1) is 0 Å². The maximum Gasteiger partial charge on any atom is 0.0247 e. The first-order chi connectivity index (χ1) is 7.45. The van der Waals surface area contributed by atoms with Gasteiger partial charge in [0.1, 0.15) is 0 Å². The zero-order chi connectivity index (χ0) is 10.1. The van der Waals surface area contributed by atoms with Crippen LogP contribution in [0.25, 0.3) is 21.9 Å². The van der Waals surface area contributed by atoms with Crippen molar-refractivity contribution in [2.24, 2.45) is 0 Å². The molecule has 2 heterocycles. The Morgan fingerprint density at radius 1 is 1.19 bits per heavy atom. The second-order valence-corrected chi connectivity index (χ2v) is 3.96. The van der Waals surface area contributed by atoms with Gasteiger partial charge in [-0.3, -0.25) is 16.3 Å². The molecule has 2 aromatic heterocycles. The topological polar surface area (TPSA) is 12.9 Å². The van der Waals surface area contributed by atoms with E-state index in [0.29, 0.717) is 0 Å². The first-order valence-electron chi connectivity index (χ1n) is 4.65. The second-order valence-electron chi connectivity index (χ2n) is 3.25. The second kappa shape index (κ2) is 5.18. The first kappa shape index (κ1) is 11.9. The molecule has 0 fully saturated rings. The van der Waals surface area contributed by atoms with E-state index in [1.54, 1.807) is 11.3 Å². The molecule has 0 aliphatic rings. The molecule has 0 spiro atoms. The summed E-state index contributed by atoms with van der Waals surface area (Å²) >= 11 is 1.58. The van der Waals surface area contributed by atoms with E-state index in [-0.39, 0.29) is 32.7 Å². The van der Waals surface area contributed by atoms with E-state index >= 15 is 0 Å². The Morgan fingerprint density at radius 2 is 2.12 bits per heavy atom. The molecule has 75 valence electrons. The zero-order valence-corrected chi connectivity index (χ0v) is 12.1. The van der Waals surface area contributed by atoms with Crippen LogP contribution in [0.1, 0.15) is 0 Å². The molecule has 0 saturated heterocycles. The van der Waals surface area contributed by atoms with Crippen molar-refractivity contribution in [1.29, 1.82) is 0 Å². The van der Waals surface area contributed by atoms with Crippen molar-refractivity contribution in [2.45, 2.75) is 0 Å². The van der Waals surface area contributed by atoms with Gasteiger partial charge in [-0.1, -0.05) is 6.07 Å². The average molecular weight is 298 g/mol. The number of fused-ring (bicyclic) bond motifs is 1. The number of thiophene rings is 1. The molecule has 0 aliphatic carbocycles. The first-order valence-corrected chi connectivity index (χ1v) is 5.53. The van der Waals surface area contributed by atoms with Crippen molar-refractivity contribution in [3.8, 4) is 11.1 Å². The van der Waals surface area contributed by atoms with Crippen molar-refractivity contribution >= 4 is 22.1 Å². The van der Waals surface area contributed by atoms with Crippen LogP contribution < -0.4 is 0 Å². The van der Waals surface area contributed by atoms with E-state index in [0.717, 1.165) is 16.5 Å². The van der Waals surface area contributed by atoms with Crippen molar-refractivity contribution in [1.82, 2.24) is 4.98 Å². The van der Waals surface area contributed by atoms with Crippen LogP contribution >= 0.6 is 11.3 Å². The average Bonchev–Trinajstić information content (AvgIpc) is 2.82. The summed E-state index contributed by atoms with van der Waals surface area (Å²) in [6.45, 7) is 0. The number of rotatable bonds is 1. The zero-order valence-electron chi connectivity index (χ0n) is 8.47. The van der Waals surface area contributed by atoms with Crippen LogP contribution in [0.5, 0.6) is 0 Å². The van der Waals surface area contributed by atoms with E-state index in [1.807, 2.05) is 36.0 Å². The van der Waals surface area contributed by atoms with E-state index in [1.165, 1.54) is 5.39 Å². The molecule has 1 nitrogen and oxygen atoms in total. The summed E-state index contributed by atoms with van der Waals surface area (Å²) in [7, 11) is 0. The number of benzene rings is 1. The van der Waals surface area contributed by atoms with Crippen LogP contribution in [-0.4, -0.2) is 4.98 Å². The van der Waals surface area contributed by atoms with E-state index in [4.69, 9.17) is 0 Å². The summed E-state index contributed by atoms with van der Waals surface area (Å²) in [5, 5.41) is 7.58. The number of hydrogen-bond acceptors (Lipinski definition) is 2. The molecule has 0 aliphatic heterocycles. The third kappa shape index (κ3) is 2.10. The van der Waals surface area contributed by atoms with Gasteiger partial charge in [-0.2, -0.15) is 12.1 Å². The maximum absolute atomic E-state index is 4.15. The Morgan fingerprint density at radius 3 is 2.94 bits per heavy atom. The van der Waals surface area contributed by atoms with Crippen LogP contribution in [0, 0.1) is 11.4 Å². The van der Waals surface area contributed by atoms with Crippen LogP contribution in [-0.2, 0) is 32.7 Å². The molecule has 3 aromatic rings.